The highest BCUT2D eigenvalue weighted by Crippen LogP contribution is 2.45. The molecule has 0 heterocycles. The normalized spacial score (nSPS) is 36.0. The lowest BCUT2D eigenvalue weighted by Gasteiger charge is -2.39. The predicted octanol–water partition coefficient (Wildman–Crippen LogP) is 6.44. The first-order chi connectivity index (χ1) is 9.50. The van der Waals surface area contributed by atoms with E-state index in [2.05, 4.69) is 6.92 Å². The van der Waals surface area contributed by atoms with Crippen LogP contribution in [-0.2, 0) is 0 Å². The topological polar surface area (TPSA) is 0 Å². The summed E-state index contributed by atoms with van der Waals surface area (Å²) in [7, 11) is 0. The Balaban J connectivity index is 1.70. The SMILES string of the molecule is CCCCC1CCC(C2CCC(C(C)(F)F)CC2)CC1. The van der Waals surface area contributed by atoms with Gasteiger partial charge in [-0.05, 0) is 63.2 Å². The van der Waals surface area contributed by atoms with Crippen LogP contribution in [-0.4, -0.2) is 5.92 Å². The van der Waals surface area contributed by atoms with Gasteiger partial charge in [-0.1, -0.05) is 39.0 Å². The standard InChI is InChI=1S/C18H32F2/c1-3-4-5-14-6-8-15(9-7-14)16-10-12-17(13-11-16)18(2,19)20/h14-17H,3-13H2,1-2H3. The minimum atomic E-state index is -2.46. The van der Waals surface area contributed by atoms with E-state index in [0.717, 1.165) is 50.4 Å². The molecule has 2 rings (SSSR count). The minimum Gasteiger partial charge on any atom is -0.207 e. The Morgan fingerprint density at radius 2 is 1.35 bits per heavy atom. The van der Waals surface area contributed by atoms with Crippen molar-refractivity contribution in [2.24, 2.45) is 23.7 Å². The van der Waals surface area contributed by atoms with Crippen LogP contribution in [0.3, 0.4) is 0 Å². The Morgan fingerprint density at radius 1 is 0.850 bits per heavy atom. The number of alkyl halides is 2. The zero-order valence-electron chi connectivity index (χ0n) is 13.3. The molecule has 2 heteroatoms. The van der Waals surface area contributed by atoms with E-state index < -0.39 is 5.92 Å². The second-order valence-corrected chi connectivity index (χ2v) is 7.49. The Bertz CT molecular complexity index is 266. The molecule has 20 heavy (non-hydrogen) atoms. The average Bonchev–Trinajstić information content (AvgIpc) is 2.45. The van der Waals surface area contributed by atoms with Crippen LogP contribution in [0, 0.1) is 23.7 Å². The third kappa shape index (κ3) is 4.43. The van der Waals surface area contributed by atoms with Gasteiger partial charge in [0.15, 0.2) is 0 Å². The largest absolute Gasteiger partial charge is 0.248 e. The fraction of sp³-hybridized carbons (Fsp3) is 1.00. The van der Waals surface area contributed by atoms with Gasteiger partial charge in [-0.3, -0.25) is 0 Å². The van der Waals surface area contributed by atoms with Crippen LogP contribution in [0.2, 0.25) is 0 Å². The van der Waals surface area contributed by atoms with Crippen molar-refractivity contribution < 1.29 is 8.78 Å². The summed E-state index contributed by atoms with van der Waals surface area (Å²) < 4.78 is 26.7. The Hall–Kier alpha value is -0.140. The molecule has 2 saturated carbocycles. The molecule has 0 N–H and O–H groups in total. The van der Waals surface area contributed by atoms with Crippen LogP contribution in [0.25, 0.3) is 0 Å². The Morgan fingerprint density at radius 3 is 1.80 bits per heavy atom. The number of hydrogen-bond donors (Lipinski definition) is 0. The Labute approximate surface area is 123 Å². The first kappa shape index (κ1) is 16.2. The van der Waals surface area contributed by atoms with Crippen molar-refractivity contribution in [1.29, 1.82) is 0 Å². The van der Waals surface area contributed by atoms with Crippen molar-refractivity contribution in [3.63, 3.8) is 0 Å². The molecule has 0 spiro atoms. The molecule has 0 aliphatic heterocycles. The molecule has 0 radical (unpaired) electrons. The van der Waals surface area contributed by atoms with E-state index in [1.807, 2.05) is 0 Å². The molecule has 2 aliphatic rings. The first-order valence-corrected chi connectivity index (χ1v) is 8.88. The van der Waals surface area contributed by atoms with Gasteiger partial charge in [-0.15, -0.1) is 0 Å². The van der Waals surface area contributed by atoms with Gasteiger partial charge in [0.1, 0.15) is 0 Å². The van der Waals surface area contributed by atoms with Crippen molar-refractivity contribution >= 4 is 0 Å². The van der Waals surface area contributed by atoms with Crippen molar-refractivity contribution in [1.82, 2.24) is 0 Å². The molecule has 0 saturated heterocycles. The highest BCUT2D eigenvalue weighted by atomic mass is 19.3. The van der Waals surface area contributed by atoms with E-state index in [0.29, 0.717) is 0 Å². The second kappa shape index (κ2) is 7.22. The van der Waals surface area contributed by atoms with Crippen LogP contribution >= 0.6 is 0 Å². The summed E-state index contributed by atoms with van der Waals surface area (Å²) in [6, 6.07) is 0. The van der Waals surface area contributed by atoms with Crippen molar-refractivity contribution in [3.8, 4) is 0 Å². The summed E-state index contributed by atoms with van der Waals surface area (Å²) in [5.41, 5.74) is 0. The monoisotopic (exact) mass is 286 g/mol. The third-order valence-corrected chi connectivity index (χ3v) is 6.01. The van der Waals surface area contributed by atoms with Gasteiger partial charge in [-0.25, -0.2) is 8.78 Å². The molecule has 2 fully saturated rings. The lowest BCUT2D eigenvalue weighted by atomic mass is 9.68. The van der Waals surface area contributed by atoms with Crippen LogP contribution in [0.4, 0.5) is 8.78 Å². The summed E-state index contributed by atoms with van der Waals surface area (Å²) in [4.78, 5) is 0. The van der Waals surface area contributed by atoms with Gasteiger partial charge in [-0.2, -0.15) is 0 Å². The van der Waals surface area contributed by atoms with E-state index in [-0.39, 0.29) is 5.92 Å². The molecule has 0 aromatic rings. The molecule has 0 atom stereocenters. The maximum atomic E-state index is 13.3. The molecule has 0 aromatic heterocycles. The minimum absolute atomic E-state index is 0.348. The summed E-state index contributed by atoms with van der Waals surface area (Å²) >= 11 is 0. The molecule has 118 valence electrons. The van der Waals surface area contributed by atoms with E-state index in [1.54, 1.807) is 0 Å². The number of rotatable bonds is 5. The smallest absolute Gasteiger partial charge is 0.207 e. The van der Waals surface area contributed by atoms with E-state index in [1.165, 1.54) is 44.9 Å². The van der Waals surface area contributed by atoms with Gasteiger partial charge >= 0.3 is 0 Å². The van der Waals surface area contributed by atoms with Crippen LogP contribution in [0.15, 0.2) is 0 Å². The van der Waals surface area contributed by atoms with Gasteiger partial charge in [0, 0.05) is 5.92 Å². The fourth-order valence-electron chi connectivity index (χ4n) is 4.54. The fourth-order valence-corrected chi connectivity index (χ4v) is 4.54. The van der Waals surface area contributed by atoms with Crippen molar-refractivity contribution in [3.05, 3.63) is 0 Å². The highest BCUT2D eigenvalue weighted by Gasteiger charge is 2.38. The van der Waals surface area contributed by atoms with Crippen molar-refractivity contribution in [2.75, 3.05) is 0 Å². The van der Waals surface area contributed by atoms with Gasteiger partial charge < -0.3 is 0 Å². The number of unbranched alkanes of at least 4 members (excludes halogenated alkanes) is 1. The Kier molecular flexibility index (Phi) is 5.86. The van der Waals surface area contributed by atoms with Crippen LogP contribution < -0.4 is 0 Å². The van der Waals surface area contributed by atoms with Gasteiger partial charge in [0.2, 0.25) is 5.92 Å². The van der Waals surface area contributed by atoms with Crippen LogP contribution in [0.5, 0.6) is 0 Å². The van der Waals surface area contributed by atoms with Crippen LogP contribution in [0.1, 0.15) is 84.5 Å². The van der Waals surface area contributed by atoms with Crippen molar-refractivity contribution in [2.45, 2.75) is 90.4 Å². The number of halogens is 2. The predicted molar refractivity (Wildman–Crippen MR) is 81.0 cm³/mol. The lowest BCUT2D eigenvalue weighted by Crippen LogP contribution is -2.32. The van der Waals surface area contributed by atoms with Gasteiger partial charge in [0.05, 0.1) is 0 Å². The third-order valence-electron chi connectivity index (χ3n) is 6.01. The number of hydrogen-bond acceptors (Lipinski definition) is 0. The first-order valence-electron chi connectivity index (χ1n) is 8.88. The molecule has 0 aromatic carbocycles. The second-order valence-electron chi connectivity index (χ2n) is 7.49. The summed E-state index contributed by atoms with van der Waals surface area (Å²) in [5.74, 6) is -0.245. The van der Waals surface area contributed by atoms with Gasteiger partial charge in [0.25, 0.3) is 0 Å². The molecule has 0 amide bonds. The highest BCUT2D eigenvalue weighted by molar-refractivity contribution is 4.85. The average molecular weight is 286 g/mol. The molecular weight excluding hydrogens is 254 g/mol. The summed E-state index contributed by atoms with van der Waals surface area (Å²) in [6.07, 6.45) is 13.3. The summed E-state index contributed by atoms with van der Waals surface area (Å²) in [5, 5.41) is 0. The maximum absolute atomic E-state index is 13.3. The maximum Gasteiger partial charge on any atom is 0.248 e. The van der Waals surface area contributed by atoms with E-state index in [9.17, 15) is 8.78 Å². The molecule has 0 unspecified atom stereocenters. The quantitative estimate of drug-likeness (QED) is 0.545. The van der Waals surface area contributed by atoms with E-state index >= 15 is 0 Å². The zero-order chi connectivity index (χ0) is 14.6. The molecule has 0 bridgehead atoms. The zero-order valence-corrected chi connectivity index (χ0v) is 13.3. The molecular formula is C18H32F2. The van der Waals surface area contributed by atoms with E-state index in [4.69, 9.17) is 0 Å². The lowest BCUT2D eigenvalue weighted by molar-refractivity contribution is -0.0618. The molecule has 2 aliphatic carbocycles. The molecule has 0 nitrogen and oxygen atoms in total. The summed E-state index contributed by atoms with van der Waals surface area (Å²) in [6.45, 7) is 3.38.